The van der Waals surface area contributed by atoms with Gasteiger partial charge in [-0.05, 0) is 25.1 Å². The minimum absolute atomic E-state index is 0.0726. The molecule has 0 aliphatic carbocycles. The second kappa shape index (κ2) is 6.11. The van der Waals surface area contributed by atoms with Crippen LogP contribution >= 0.6 is 15.9 Å². The first-order valence-corrected chi connectivity index (χ1v) is 8.37. The zero-order valence-electron chi connectivity index (χ0n) is 10.9. The van der Waals surface area contributed by atoms with Crippen molar-refractivity contribution < 1.29 is 17.9 Å². The minimum Gasteiger partial charge on any atom is -0.492 e. The maximum atomic E-state index is 12.6. The summed E-state index contributed by atoms with van der Waals surface area (Å²) in [7, 11) is -3.75. The summed E-state index contributed by atoms with van der Waals surface area (Å²) in [6.07, 6.45) is 0. The molecule has 1 fully saturated rings. The average Bonchev–Trinajstić information content (AvgIpc) is 2.41. The van der Waals surface area contributed by atoms with Gasteiger partial charge >= 0.3 is 0 Å². The second-order valence-corrected chi connectivity index (χ2v) is 7.03. The molecule has 1 aliphatic heterocycles. The predicted octanol–water partition coefficient (Wildman–Crippen LogP) is 0.968. The van der Waals surface area contributed by atoms with Gasteiger partial charge in [-0.3, -0.25) is 4.79 Å². The van der Waals surface area contributed by atoms with E-state index in [0.717, 1.165) is 4.31 Å². The van der Waals surface area contributed by atoms with E-state index in [0.29, 0.717) is 23.4 Å². The second-order valence-electron chi connectivity index (χ2n) is 4.21. The van der Waals surface area contributed by atoms with E-state index < -0.39 is 10.0 Å². The standard InChI is InChI=1S/C12H15BrN2O4S/c1-2-19-10-4-3-9(13)7-11(10)20(17,18)15-6-5-14-12(16)8-15/h3-4,7H,2,5-6,8H2,1H3,(H,14,16). The number of benzene rings is 1. The number of ether oxygens (including phenoxy) is 1. The number of hydrogen-bond donors (Lipinski definition) is 1. The van der Waals surface area contributed by atoms with Crippen molar-refractivity contribution in [3.63, 3.8) is 0 Å². The van der Waals surface area contributed by atoms with Gasteiger partial charge in [-0.2, -0.15) is 4.31 Å². The molecule has 0 saturated carbocycles. The fourth-order valence-electron chi connectivity index (χ4n) is 1.92. The Balaban J connectivity index is 2.42. The van der Waals surface area contributed by atoms with Gasteiger partial charge in [-0.15, -0.1) is 0 Å². The lowest BCUT2D eigenvalue weighted by atomic mass is 10.3. The molecule has 1 aliphatic rings. The van der Waals surface area contributed by atoms with Crippen LogP contribution in [-0.4, -0.2) is 44.9 Å². The van der Waals surface area contributed by atoms with Gasteiger partial charge in [0.05, 0.1) is 13.2 Å². The van der Waals surface area contributed by atoms with E-state index in [1.807, 2.05) is 0 Å². The van der Waals surface area contributed by atoms with Gasteiger partial charge < -0.3 is 10.1 Å². The molecule has 8 heteroatoms. The van der Waals surface area contributed by atoms with Gasteiger partial charge in [-0.1, -0.05) is 15.9 Å². The van der Waals surface area contributed by atoms with Crippen LogP contribution in [0, 0.1) is 0 Å². The highest BCUT2D eigenvalue weighted by Crippen LogP contribution is 2.30. The lowest BCUT2D eigenvalue weighted by Crippen LogP contribution is -2.49. The SMILES string of the molecule is CCOc1ccc(Br)cc1S(=O)(=O)N1CCNC(=O)C1. The van der Waals surface area contributed by atoms with Crippen molar-refractivity contribution in [2.75, 3.05) is 26.2 Å². The molecule has 0 spiro atoms. The Morgan fingerprint density at radius 2 is 2.20 bits per heavy atom. The van der Waals surface area contributed by atoms with Gasteiger partial charge in [0.15, 0.2) is 0 Å². The van der Waals surface area contributed by atoms with E-state index in [1.165, 1.54) is 6.07 Å². The van der Waals surface area contributed by atoms with E-state index >= 15 is 0 Å². The number of carbonyl (C=O) groups is 1. The first kappa shape index (κ1) is 15.3. The summed E-state index contributed by atoms with van der Waals surface area (Å²) in [6, 6.07) is 4.81. The smallest absolute Gasteiger partial charge is 0.247 e. The maximum Gasteiger partial charge on any atom is 0.247 e. The number of carbonyl (C=O) groups excluding carboxylic acids is 1. The van der Waals surface area contributed by atoms with Crippen molar-refractivity contribution in [2.45, 2.75) is 11.8 Å². The Bertz CT molecular complexity index is 618. The quantitative estimate of drug-likeness (QED) is 0.865. The number of piperazine rings is 1. The third kappa shape index (κ3) is 3.13. The Hall–Kier alpha value is -1.12. The molecule has 0 aromatic heterocycles. The molecule has 1 amide bonds. The number of rotatable bonds is 4. The fraction of sp³-hybridized carbons (Fsp3) is 0.417. The molecule has 0 atom stereocenters. The number of halogens is 1. The van der Waals surface area contributed by atoms with Crippen molar-refractivity contribution in [1.29, 1.82) is 0 Å². The van der Waals surface area contributed by atoms with Gasteiger partial charge in [0.2, 0.25) is 15.9 Å². The molecule has 1 saturated heterocycles. The molecular formula is C12H15BrN2O4S. The molecule has 1 aromatic rings. The Morgan fingerprint density at radius 3 is 2.85 bits per heavy atom. The van der Waals surface area contributed by atoms with Crippen molar-refractivity contribution >= 4 is 31.9 Å². The van der Waals surface area contributed by atoms with Crippen LogP contribution in [-0.2, 0) is 14.8 Å². The third-order valence-corrected chi connectivity index (χ3v) is 5.19. The highest BCUT2D eigenvalue weighted by atomic mass is 79.9. The molecule has 0 bridgehead atoms. The van der Waals surface area contributed by atoms with Crippen molar-refractivity contribution in [3.8, 4) is 5.75 Å². The number of sulfonamides is 1. The van der Waals surface area contributed by atoms with E-state index in [1.54, 1.807) is 19.1 Å². The normalized spacial score (nSPS) is 16.8. The molecule has 1 heterocycles. The first-order chi connectivity index (χ1) is 9.45. The van der Waals surface area contributed by atoms with Crippen molar-refractivity contribution in [1.82, 2.24) is 9.62 Å². The monoisotopic (exact) mass is 362 g/mol. The van der Waals surface area contributed by atoms with Crippen molar-refractivity contribution in [2.24, 2.45) is 0 Å². The van der Waals surface area contributed by atoms with Crippen LogP contribution in [0.25, 0.3) is 0 Å². The van der Waals surface area contributed by atoms with E-state index in [2.05, 4.69) is 21.2 Å². The van der Waals surface area contributed by atoms with Crippen LogP contribution < -0.4 is 10.1 Å². The molecular weight excluding hydrogens is 348 g/mol. The zero-order valence-corrected chi connectivity index (χ0v) is 13.3. The summed E-state index contributed by atoms with van der Waals surface area (Å²) in [6.45, 7) is 2.56. The van der Waals surface area contributed by atoms with E-state index in [-0.39, 0.29) is 23.9 Å². The van der Waals surface area contributed by atoms with Gasteiger partial charge in [0.25, 0.3) is 0 Å². The molecule has 6 nitrogen and oxygen atoms in total. The summed E-state index contributed by atoms with van der Waals surface area (Å²) < 4.78 is 32.4. The summed E-state index contributed by atoms with van der Waals surface area (Å²) in [4.78, 5) is 11.4. The molecule has 0 radical (unpaired) electrons. The van der Waals surface area contributed by atoms with Crippen LogP contribution in [0.2, 0.25) is 0 Å². The summed E-state index contributed by atoms with van der Waals surface area (Å²) in [5.74, 6) is -0.00513. The van der Waals surface area contributed by atoms with E-state index in [9.17, 15) is 13.2 Å². The Morgan fingerprint density at radius 1 is 1.45 bits per heavy atom. The fourth-order valence-corrected chi connectivity index (χ4v) is 3.98. The number of nitrogens with zero attached hydrogens (tertiary/aromatic N) is 1. The van der Waals surface area contributed by atoms with Gasteiger partial charge in [-0.25, -0.2) is 8.42 Å². The topological polar surface area (TPSA) is 75.7 Å². The van der Waals surface area contributed by atoms with Crippen LogP contribution in [0.4, 0.5) is 0 Å². The number of hydrogen-bond acceptors (Lipinski definition) is 4. The lowest BCUT2D eigenvalue weighted by molar-refractivity contribution is -0.122. The van der Waals surface area contributed by atoms with E-state index in [4.69, 9.17) is 4.74 Å². The molecule has 0 unspecified atom stereocenters. The lowest BCUT2D eigenvalue weighted by Gasteiger charge is -2.26. The van der Waals surface area contributed by atoms with Crippen molar-refractivity contribution in [3.05, 3.63) is 22.7 Å². The predicted molar refractivity (Wildman–Crippen MR) is 77.1 cm³/mol. The first-order valence-electron chi connectivity index (χ1n) is 6.14. The highest BCUT2D eigenvalue weighted by molar-refractivity contribution is 9.10. The van der Waals surface area contributed by atoms with Crippen LogP contribution in [0.15, 0.2) is 27.6 Å². The van der Waals surface area contributed by atoms with Gasteiger partial charge in [0, 0.05) is 17.6 Å². The van der Waals surface area contributed by atoms with Crippen LogP contribution in [0.5, 0.6) is 5.75 Å². The Kier molecular flexibility index (Phi) is 4.66. The Labute approximate surface area is 126 Å². The maximum absolute atomic E-state index is 12.6. The number of amides is 1. The van der Waals surface area contributed by atoms with Crippen LogP contribution in [0.1, 0.15) is 6.92 Å². The summed E-state index contributed by atoms with van der Waals surface area (Å²) >= 11 is 3.26. The molecule has 2 rings (SSSR count). The number of nitrogens with one attached hydrogen (secondary N) is 1. The molecule has 1 aromatic carbocycles. The summed E-state index contributed by atoms with van der Waals surface area (Å²) in [5.41, 5.74) is 0. The summed E-state index contributed by atoms with van der Waals surface area (Å²) in [5, 5.41) is 2.60. The molecule has 110 valence electrons. The zero-order chi connectivity index (χ0) is 14.8. The van der Waals surface area contributed by atoms with Gasteiger partial charge in [0.1, 0.15) is 10.6 Å². The molecule has 20 heavy (non-hydrogen) atoms. The largest absolute Gasteiger partial charge is 0.492 e. The minimum atomic E-state index is -3.75. The molecule has 1 N–H and O–H groups in total. The average molecular weight is 363 g/mol. The van der Waals surface area contributed by atoms with Crippen LogP contribution in [0.3, 0.4) is 0 Å². The third-order valence-electron chi connectivity index (χ3n) is 2.83. The highest BCUT2D eigenvalue weighted by Gasteiger charge is 2.31.